The van der Waals surface area contributed by atoms with Crippen molar-refractivity contribution in [3.8, 4) is 0 Å². The largest absolute Gasteiger partial charge is 0.481 e. The number of likely N-dealkylation sites (tertiary alicyclic amines) is 1. The average molecular weight is 410 g/mol. The van der Waals surface area contributed by atoms with E-state index in [-0.39, 0.29) is 30.3 Å². The van der Waals surface area contributed by atoms with Gasteiger partial charge in [0, 0.05) is 17.0 Å². The van der Waals surface area contributed by atoms with Gasteiger partial charge in [-0.1, -0.05) is 44.5 Å². The second-order valence-electron chi connectivity index (χ2n) is 8.87. The molecule has 1 aromatic carbocycles. The molecule has 0 spiro atoms. The number of carboxylic acids is 1. The molecule has 0 aromatic heterocycles. The summed E-state index contributed by atoms with van der Waals surface area (Å²) in [4.78, 5) is 26.9. The van der Waals surface area contributed by atoms with E-state index in [1.807, 2.05) is 43.0 Å². The van der Waals surface area contributed by atoms with Crippen molar-refractivity contribution in [1.29, 1.82) is 0 Å². The van der Waals surface area contributed by atoms with Crippen LogP contribution in [0.3, 0.4) is 0 Å². The van der Waals surface area contributed by atoms with Crippen molar-refractivity contribution < 1.29 is 19.8 Å². The Balaban J connectivity index is 2.51. The van der Waals surface area contributed by atoms with Crippen molar-refractivity contribution >= 4 is 23.5 Å². The van der Waals surface area contributed by atoms with Crippen LogP contribution in [0.2, 0.25) is 5.02 Å². The normalized spacial score (nSPS) is 25.5. The molecule has 1 aliphatic heterocycles. The minimum absolute atomic E-state index is 0.149. The number of hydrogen-bond acceptors (Lipinski definition) is 3. The maximum Gasteiger partial charge on any atom is 0.304 e. The van der Waals surface area contributed by atoms with Gasteiger partial charge < -0.3 is 15.1 Å². The van der Waals surface area contributed by atoms with Gasteiger partial charge >= 0.3 is 5.97 Å². The number of rotatable bonds is 7. The molecule has 1 amide bonds. The fourth-order valence-electron chi connectivity index (χ4n) is 4.31. The van der Waals surface area contributed by atoms with Crippen LogP contribution in [0.15, 0.2) is 24.3 Å². The third-order valence-electron chi connectivity index (χ3n) is 6.32. The molecule has 6 heteroatoms. The summed E-state index contributed by atoms with van der Waals surface area (Å²) in [6.45, 7) is 9.20. The van der Waals surface area contributed by atoms with Crippen LogP contribution in [0, 0.1) is 11.3 Å². The van der Waals surface area contributed by atoms with E-state index in [0.29, 0.717) is 24.3 Å². The highest BCUT2D eigenvalue weighted by Crippen LogP contribution is 2.46. The molecule has 4 unspecified atom stereocenters. The van der Waals surface area contributed by atoms with Gasteiger partial charge in [-0.05, 0) is 50.8 Å². The van der Waals surface area contributed by atoms with E-state index in [4.69, 9.17) is 11.6 Å². The molecule has 1 fully saturated rings. The number of benzene rings is 1. The lowest BCUT2D eigenvalue weighted by Gasteiger charge is -2.50. The number of amides is 1. The van der Waals surface area contributed by atoms with Gasteiger partial charge in [0.2, 0.25) is 5.91 Å². The van der Waals surface area contributed by atoms with Crippen LogP contribution >= 0.6 is 11.6 Å². The minimum Gasteiger partial charge on any atom is -0.481 e. The molecule has 1 heterocycles. The molecule has 4 atom stereocenters. The van der Waals surface area contributed by atoms with E-state index >= 15 is 0 Å². The quantitative estimate of drug-likeness (QED) is 0.685. The maximum atomic E-state index is 13.6. The second kappa shape index (κ2) is 8.42. The number of halogens is 1. The molecule has 1 aromatic rings. The van der Waals surface area contributed by atoms with E-state index in [0.717, 1.165) is 5.56 Å². The Kier molecular flexibility index (Phi) is 6.82. The van der Waals surface area contributed by atoms with Crippen molar-refractivity contribution in [2.75, 3.05) is 0 Å². The SMILES string of the molecule is CCC(C(C)C(C)(C)O)N1C(=O)C(C)(CC(=O)O)CCC1c1ccc(Cl)cc1. The number of carbonyl (C=O) groups excluding carboxylic acids is 1. The van der Waals surface area contributed by atoms with E-state index in [1.165, 1.54) is 0 Å². The summed E-state index contributed by atoms with van der Waals surface area (Å²) in [5.41, 5.74) is -0.926. The fraction of sp³-hybridized carbons (Fsp3) is 0.636. The Labute approximate surface area is 172 Å². The fourth-order valence-corrected chi connectivity index (χ4v) is 4.43. The lowest BCUT2D eigenvalue weighted by Crippen LogP contribution is -2.57. The summed E-state index contributed by atoms with van der Waals surface area (Å²) in [6.07, 6.45) is 1.66. The molecule has 0 bridgehead atoms. The zero-order chi connectivity index (χ0) is 21.3. The predicted molar refractivity (Wildman–Crippen MR) is 110 cm³/mol. The molecule has 1 aliphatic rings. The highest BCUT2D eigenvalue weighted by atomic mass is 35.5. The number of nitrogens with zero attached hydrogens (tertiary/aromatic N) is 1. The number of piperidine rings is 1. The van der Waals surface area contributed by atoms with Crippen molar-refractivity contribution in [2.24, 2.45) is 11.3 Å². The lowest BCUT2D eigenvalue weighted by molar-refractivity contribution is -0.162. The summed E-state index contributed by atoms with van der Waals surface area (Å²) >= 11 is 6.04. The Morgan fingerprint density at radius 2 is 1.93 bits per heavy atom. The monoisotopic (exact) mass is 409 g/mol. The van der Waals surface area contributed by atoms with Crippen LogP contribution in [0.25, 0.3) is 0 Å². The molecular formula is C22H32ClNO4. The van der Waals surface area contributed by atoms with Crippen molar-refractivity contribution in [3.05, 3.63) is 34.9 Å². The van der Waals surface area contributed by atoms with Gasteiger partial charge in [0.05, 0.1) is 23.5 Å². The number of hydrogen-bond donors (Lipinski definition) is 2. The number of carboxylic acid groups (broad SMARTS) is 1. The summed E-state index contributed by atoms with van der Waals surface area (Å²) in [6, 6.07) is 7.10. The summed E-state index contributed by atoms with van der Waals surface area (Å²) in [5.74, 6) is -1.29. The van der Waals surface area contributed by atoms with Gasteiger partial charge in [-0.15, -0.1) is 0 Å². The van der Waals surface area contributed by atoms with E-state index < -0.39 is 17.0 Å². The van der Waals surface area contributed by atoms with Crippen LogP contribution in [0.1, 0.15) is 71.9 Å². The van der Waals surface area contributed by atoms with E-state index in [1.54, 1.807) is 20.8 Å². The Hall–Kier alpha value is -1.59. The third kappa shape index (κ3) is 4.69. The molecule has 0 saturated carbocycles. The lowest BCUT2D eigenvalue weighted by atomic mass is 9.72. The zero-order valence-electron chi connectivity index (χ0n) is 17.4. The third-order valence-corrected chi connectivity index (χ3v) is 6.57. The van der Waals surface area contributed by atoms with Gasteiger partial charge in [0.25, 0.3) is 0 Å². The van der Waals surface area contributed by atoms with Crippen LogP contribution in [-0.4, -0.2) is 38.6 Å². The summed E-state index contributed by atoms with van der Waals surface area (Å²) in [7, 11) is 0. The Morgan fingerprint density at radius 1 is 1.36 bits per heavy atom. The molecule has 5 nitrogen and oxygen atoms in total. The highest BCUT2D eigenvalue weighted by molar-refractivity contribution is 6.30. The standard InChI is InChI=1S/C22H32ClNO4/c1-6-17(14(2)21(3,4)28)24-18(15-7-9-16(23)10-8-15)11-12-22(5,20(24)27)13-19(25)26/h7-10,14,17-18,28H,6,11-13H2,1-5H3,(H,25,26). The first-order valence-corrected chi connectivity index (χ1v) is 10.3. The minimum atomic E-state index is -0.968. The highest BCUT2D eigenvalue weighted by Gasteiger charge is 2.49. The van der Waals surface area contributed by atoms with Gasteiger partial charge in [-0.2, -0.15) is 0 Å². The molecule has 2 N–H and O–H groups in total. The van der Waals surface area contributed by atoms with Crippen molar-refractivity contribution in [2.45, 2.75) is 78.0 Å². The molecule has 0 radical (unpaired) electrons. The number of aliphatic carboxylic acids is 1. The topological polar surface area (TPSA) is 77.8 Å². The van der Waals surface area contributed by atoms with Crippen LogP contribution in [0.5, 0.6) is 0 Å². The Morgan fingerprint density at radius 3 is 2.39 bits per heavy atom. The molecule has 0 aliphatic carbocycles. The number of carbonyl (C=O) groups is 2. The van der Waals surface area contributed by atoms with Gasteiger partial charge in [0.1, 0.15) is 0 Å². The molecular weight excluding hydrogens is 378 g/mol. The van der Waals surface area contributed by atoms with E-state index in [2.05, 4.69) is 0 Å². The van der Waals surface area contributed by atoms with Gasteiger partial charge in [-0.25, -0.2) is 0 Å². The first-order chi connectivity index (χ1) is 12.9. The van der Waals surface area contributed by atoms with E-state index in [9.17, 15) is 19.8 Å². The molecule has 156 valence electrons. The van der Waals surface area contributed by atoms with Crippen LogP contribution < -0.4 is 0 Å². The molecule has 1 saturated heterocycles. The predicted octanol–water partition coefficient (Wildman–Crippen LogP) is 4.67. The summed E-state index contributed by atoms with van der Waals surface area (Å²) in [5, 5.41) is 20.6. The molecule has 2 rings (SSSR count). The second-order valence-corrected chi connectivity index (χ2v) is 9.30. The molecule has 28 heavy (non-hydrogen) atoms. The maximum absolute atomic E-state index is 13.6. The Bertz CT molecular complexity index is 712. The van der Waals surface area contributed by atoms with Crippen molar-refractivity contribution in [1.82, 2.24) is 4.90 Å². The first kappa shape index (κ1) is 22.7. The van der Waals surface area contributed by atoms with Gasteiger partial charge in [-0.3, -0.25) is 9.59 Å². The summed E-state index contributed by atoms with van der Waals surface area (Å²) < 4.78 is 0. The number of aliphatic hydroxyl groups is 1. The average Bonchev–Trinajstić information content (AvgIpc) is 2.59. The zero-order valence-corrected chi connectivity index (χ0v) is 18.2. The van der Waals surface area contributed by atoms with Gasteiger partial charge in [0.15, 0.2) is 0 Å². The van der Waals surface area contributed by atoms with Crippen molar-refractivity contribution in [3.63, 3.8) is 0 Å². The first-order valence-electron chi connectivity index (χ1n) is 9.93. The van der Waals surface area contributed by atoms with Crippen LogP contribution in [0.4, 0.5) is 0 Å². The smallest absolute Gasteiger partial charge is 0.304 e. The van der Waals surface area contributed by atoms with Crippen LogP contribution in [-0.2, 0) is 9.59 Å².